The Labute approximate surface area is 129 Å². The van der Waals surface area contributed by atoms with Crippen molar-refractivity contribution in [3.8, 4) is 0 Å². The Morgan fingerprint density at radius 2 is 2.14 bits per heavy atom. The van der Waals surface area contributed by atoms with Crippen molar-refractivity contribution in [1.82, 2.24) is 19.5 Å². The fourth-order valence-corrected chi connectivity index (χ4v) is 2.38. The van der Waals surface area contributed by atoms with Gasteiger partial charge in [-0.15, -0.1) is 0 Å². The van der Waals surface area contributed by atoms with Crippen LogP contribution in [-0.4, -0.2) is 40.7 Å². The molecule has 2 aromatic heterocycles. The molecule has 0 spiro atoms. The van der Waals surface area contributed by atoms with E-state index in [9.17, 15) is 4.79 Å². The topological polar surface area (TPSA) is 54.6 Å². The van der Waals surface area contributed by atoms with Crippen molar-refractivity contribution in [1.29, 1.82) is 0 Å². The third kappa shape index (κ3) is 2.81. The van der Waals surface area contributed by atoms with Crippen molar-refractivity contribution < 1.29 is 4.79 Å². The second-order valence-corrected chi connectivity index (χ2v) is 5.33. The number of carbonyl (C=O) groups is 1. The van der Waals surface area contributed by atoms with E-state index in [0.717, 1.165) is 11.3 Å². The predicted molar refractivity (Wildman–Crippen MR) is 86.3 cm³/mol. The van der Waals surface area contributed by atoms with Crippen LogP contribution in [0, 0.1) is 0 Å². The van der Waals surface area contributed by atoms with Crippen LogP contribution in [0.3, 0.4) is 0 Å². The van der Waals surface area contributed by atoms with Gasteiger partial charge in [-0.3, -0.25) is 4.79 Å². The minimum Gasteiger partial charge on any atom is -0.378 e. The molecule has 22 heavy (non-hydrogen) atoms. The average molecular weight is 297 g/mol. The molecule has 6 nitrogen and oxygen atoms in total. The molecule has 0 aliphatic rings. The summed E-state index contributed by atoms with van der Waals surface area (Å²) in [4.78, 5) is 14.2. The number of hydrogen-bond donors (Lipinski definition) is 1. The van der Waals surface area contributed by atoms with Gasteiger partial charge in [-0.25, -0.2) is 4.52 Å². The van der Waals surface area contributed by atoms with E-state index < -0.39 is 0 Å². The van der Waals surface area contributed by atoms with E-state index in [2.05, 4.69) is 15.0 Å². The van der Waals surface area contributed by atoms with Crippen LogP contribution in [0.2, 0.25) is 0 Å². The van der Waals surface area contributed by atoms with Crippen LogP contribution >= 0.6 is 0 Å². The van der Waals surface area contributed by atoms with Gasteiger partial charge in [0, 0.05) is 56.9 Å². The maximum atomic E-state index is 12.2. The smallest absolute Gasteiger partial charge is 0.251 e. The van der Waals surface area contributed by atoms with Crippen LogP contribution < -0.4 is 10.2 Å². The van der Waals surface area contributed by atoms with Gasteiger partial charge in [0.15, 0.2) is 0 Å². The first-order valence-corrected chi connectivity index (χ1v) is 7.19. The molecule has 1 aromatic carbocycles. The third-order valence-electron chi connectivity index (χ3n) is 3.59. The average Bonchev–Trinajstić information content (AvgIpc) is 3.12. The van der Waals surface area contributed by atoms with Crippen LogP contribution in [-0.2, 0) is 6.54 Å². The number of amides is 1. The number of hydrogen-bond acceptors (Lipinski definition) is 3. The summed E-state index contributed by atoms with van der Waals surface area (Å²) < 4.78 is 3.87. The minimum absolute atomic E-state index is 0.0552. The first kappa shape index (κ1) is 14.2. The van der Waals surface area contributed by atoms with Gasteiger partial charge in [0.05, 0.1) is 6.20 Å². The molecular weight excluding hydrogens is 278 g/mol. The third-order valence-corrected chi connectivity index (χ3v) is 3.59. The maximum Gasteiger partial charge on any atom is 0.251 e. The lowest BCUT2D eigenvalue weighted by Crippen LogP contribution is -2.27. The summed E-state index contributed by atoms with van der Waals surface area (Å²) in [5.41, 5.74) is 2.70. The van der Waals surface area contributed by atoms with Gasteiger partial charge in [0.2, 0.25) is 0 Å². The fourth-order valence-electron chi connectivity index (χ4n) is 2.38. The van der Waals surface area contributed by atoms with E-state index in [1.807, 2.05) is 66.2 Å². The lowest BCUT2D eigenvalue weighted by atomic mass is 10.2. The maximum absolute atomic E-state index is 12.2. The van der Waals surface area contributed by atoms with Crippen LogP contribution in [0.1, 0.15) is 10.4 Å². The molecule has 6 heteroatoms. The molecule has 0 atom stereocenters. The molecule has 0 saturated carbocycles. The molecule has 0 aliphatic carbocycles. The van der Waals surface area contributed by atoms with Gasteiger partial charge in [-0.2, -0.15) is 5.10 Å². The van der Waals surface area contributed by atoms with Gasteiger partial charge in [0.25, 0.3) is 5.91 Å². The lowest BCUT2D eigenvalue weighted by Gasteiger charge is -2.13. The molecule has 0 aliphatic heterocycles. The second-order valence-electron chi connectivity index (χ2n) is 5.33. The highest BCUT2D eigenvalue weighted by Crippen LogP contribution is 2.13. The van der Waals surface area contributed by atoms with Gasteiger partial charge >= 0.3 is 0 Å². The van der Waals surface area contributed by atoms with Gasteiger partial charge in [-0.05, 0) is 18.2 Å². The summed E-state index contributed by atoms with van der Waals surface area (Å²) in [7, 11) is 3.92. The van der Waals surface area contributed by atoms with Crippen LogP contribution in [0.25, 0.3) is 5.65 Å². The first-order valence-electron chi connectivity index (χ1n) is 7.19. The molecule has 3 rings (SSSR count). The molecule has 0 fully saturated rings. The van der Waals surface area contributed by atoms with E-state index >= 15 is 0 Å². The van der Waals surface area contributed by atoms with Gasteiger partial charge in [-0.1, -0.05) is 6.07 Å². The molecule has 1 amide bonds. The Bertz CT molecular complexity index is 787. The quantitative estimate of drug-likeness (QED) is 0.779. The monoisotopic (exact) mass is 297 g/mol. The molecule has 0 unspecified atom stereocenters. The Kier molecular flexibility index (Phi) is 3.82. The highest BCUT2D eigenvalue weighted by molar-refractivity contribution is 5.95. The molecule has 2 heterocycles. The van der Waals surface area contributed by atoms with Crippen molar-refractivity contribution in [2.45, 2.75) is 6.54 Å². The lowest BCUT2D eigenvalue weighted by molar-refractivity contribution is 0.0952. The largest absolute Gasteiger partial charge is 0.378 e. The molecule has 0 saturated heterocycles. The summed E-state index contributed by atoms with van der Waals surface area (Å²) in [5, 5.41) is 7.11. The molecule has 114 valence electrons. The van der Waals surface area contributed by atoms with E-state index in [-0.39, 0.29) is 5.91 Å². The van der Waals surface area contributed by atoms with Gasteiger partial charge in [0.1, 0.15) is 5.65 Å². The number of nitrogens with zero attached hydrogens (tertiary/aromatic N) is 4. The number of aromatic nitrogens is 3. The first-order chi connectivity index (χ1) is 10.6. The molecule has 1 N–H and O–H groups in total. The van der Waals surface area contributed by atoms with E-state index in [0.29, 0.717) is 18.7 Å². The zero-order valence-electron chi connectivity index (χ0n) is 12.7. The highest BCUT2D eigenvalue weighted by atomic mass is 16.1. The molecule has 0 radical (unpaired) electrons. The minimum atomic E-state index is -0.0552. The number of anilines is 1. The molecule has 0 bridgehead atoms. The van der Waals surface area contributed by atoms with Crippen molar-refractivity contribution >= 4 is 17.2 Å². The number of benzene rings is 1. The second kappa shape index (κ2) is 5.93. The summed E-state index contributed by atoms with van der Waals surface area (Å²) in [6, 6.07) is 9.54. The van der Waals surface area contributed by atoms with Crippen molar-refractivity contribution in [3.63, 3.8) is 0 Å². The zero-order valence-corrected chi connectivity index (χ0v) is 12.7. The standard InChI is InChI=1S/C16H19N5O/c1-19(2)14-5-3-4-13(12-14)16(22)17-8-9-20-10-11-21-15(20)6-7-18-21/h3-7,10-12H,8-9H2,1-2H3,(H,17,22). The number of imidazole rings is 1. The van der Waals surface area contributed by atoms with Crippen molar-refractivity contribution in [2.24, 2.45) is 0 Å². The Balaban J connectivity index is 1.60. The fraction of sp³-hybridized carbons (Fsp3) is 0.250. The Morgan fingerprint density at radius 3 is 2.95 bits per heavy atom. The molecular formula is C16H19N5O. The Hall–Kier alpha value is -2.76. The number of nitrogens with one attached hydrogen (secondary N) is 1. The van der Waals surface area contributed by atoms with Crippen molar-refractivity contribution in [3.05, 3.63) is 54.5 Å². The summed E-state index contributed by atoms with van der Waals surface area (Å²) in [6.45, 7) is 1.28. The predicted octanol–water partition coefficient (Wildman–Crippen LogP) is 1.63. The van der Waals surface area contributed by atoms with Crippen molar-refractivity contribution in [2.75, 3.05) is 25.5 Å². The van der Waals surface area contributed by atoms with Crippen LogP contribution in [0.15, 0.2) is 48.9 Å². The summed E-state index contributed by atoms with van der Waals surface area (Å²) in [5.74, 6) is -0.0552. The number of rotatable bonds is 5. The van der Waals surface area contributed by atoms with Gasteiger partial charge < -0.3 is 14.8 Å². The van der Waals surface area contributed by atoms with E-state index in [4.69, 9.17) is 0 Å². The Morgan fingerprint density at radius 1 is 1.27 bits per heavy atom. The van der Waals surface area contributed by atoms with E-state index in [1.54, 1.807) is 6.20 Å². The van der Waals surface area contributed by atoms with Crippen LogP contribution in [0.4, 0.5) is 5.69 Å². The SMILES string of the molecule is CN(C)c1cccc(C(=O)NCCn2ccn3nccc23)c1. The normalized spacial score (nSPS) is 10.8. The van der Waals surface area contributed by atoms with E-state index in [1.165, 1.54) is 0 Å². The summed E-state index contributed by atoms with van der Waals surface area (Å²) >= 11 is 0. The number of carbonyl (C=O) groups excluding carboxylic acids is 1. The van der Waals surface area contributed by atoms with Crippen LogP contribution in [0.5, 0.6) is 0 Å². The highest BCUT2D eigenvalue weighted by Gasteiger charge is 2.07. The summed E-state index contributed by atoms with van der Waals surface area (Å²) in [6.07, 6.45) is 5.62. The molecule has 3 aromatic rings. The number of fused-ring (bicyclic) bond motifs is 1. The zero-order chi connectivity index (χ0) is 15.5.